The van der Waals surface area contributed by atoms with E-state index in [2.05, 4.69) is 15.6 Å². The first kappa shape index (κ1) is 18.4. The monoisotopic (exact) mass is 389 g/mol. The van der Waals surface area contributed by atoms with Crippen molar-refractivity contribution in [2.75, 3.05) is 7.11 Å². The number of rotatable bonds is 5. The van der Waals surface area contributed by atoms with Crippen LogP contribution in [-0.4, -0.2) is 29.0 Å². The molecule has 0 radical (unpaired) electrons. The fourth-order valence-electron chi connectivity index (χ4n) is 3.26. The summed E-state index contributed by atoms with van der Waals surface area (Å²) in [4.78, 5) is 27.8. The molecule has 2 amide bonds. The van der Waals surface area contributed by atoms with Crippen LogP contribution in [0.3, 0.4) is 0 Å². The number of aromatic nitrogens is 1. The zero-order chi connectivity index (χ0) is 20.4. The second-order valence-corrected chi connectivity index (χ2v) is 6.57. The normalized spacial score (nSPS) is 14.4. The lowest BCUT2D eigenvalue weighted by Gasteiger charge is -2.19. The predicted octanol–water partition coefficient (Wildman–Crippen LogP) is 2.80. The SMILES string of the molecule is COc1ccc(CN/C=C2\C(=O)NC(=O)c3ccc(-c4ccc[nH]4)cc32)cc1O. The summed E-state index contributed by atoms with van der Waals surface area (Å²) in [6.45, 7) is 0.383. The Morgan fingerprint density at radius 3 is 2.66 bits per heavy atom. The highest BCUT2D eigenvalue weighted by molar-refractivity contribution is 6.31. The number of benzene rings is 2. The first-order chi connectivity index (χ1) is 14.1. The molecule has 4 N–H and O–H groups in total. The minimum atomic E-state index is -0.462. The summed E-state index contributed by atoms with van der Waals surface area (Å²) in [7, 11) is 1.49. The summed E-state index contributed by atoms with van der Waals surface area (Å²) in [5.74, 6) is -0.444. The Balaban J connectivity index is 1.62. The van der Waals surface area contributed by atoms with Crippen LogP contribution in [0.2, 0.25) is 0 Å². The molecule has 29 heavy (non-hydrogen) atoms. The van der Waals surface area contributed by atoms with E-state index < -0.39 is 11.8 Å². The standard InChI is InChI=1S/C22H19N3O4/c1-29-20-7-4-13(9-19(20)26)11-23-12-17-16-10-14(18-3-2-8-24-18)5-6-15(16)21(27)25-22(17)28/h2-10,12,23-24,26H,11H2,1H3,(H,25,27,28)/b17-12-. The Morgan fingerprint density at radius 2 is 1.93 bits per heavy atom. The second-order valence-electron chi connectivity index (χ2n) is 6.57. The van der Waals surface area contributed by atoms with Gasteiger partial charge in [-0.25, -0.2) is 0 Å². The van der Waals surface area contributed by atoms with Gasteiger partial charge < -0.3 is 20.1 Å². The largest absolute Gasteiger partial charge is 0.504 e. The van der Waals surface area contributed by atoms with E-state index in [1.807, 2.05) is 36.5 Å². The zero-order valence-corrected chi connectivity index (χ0v) is 15.7. The van der Waals surface area contributed by atoms with Gasteiger partial charge in [0.15, 0.2) is 11.5 Å². The van der Waals surface area contributed by atoms with Crippen molar-refractivity contribution >= 4 is 17.4 Å². The Labute approximate surface area is 167 Å². The minimum Gasteiger partial charge on any atom is -0.504 e. The van der Waals surface area contributed by atoms with Crippen LogP contribution in [0.4, 0.5) is 0 Å². The maximum atomic E-state index is 12.4. The second kappa shape index (κ2) is 7.55. The molecule has 0 bridgehead atoms. The number of carbonyl (C=O) groups is 2. The van der Waals surface area contributed by atoms with Gasteiger partial charge >= 0.3 is 0 Å². The number of amides is 2. The van der Waals surface area contributed by atoms with Crippen LogP contribution in [-0.2, 0) is 11.3 Å². The van der Waals surface area contributed by atoms with Crippen molar-refractivity contribution in [3.8, 4) is 22.8 Å². The summed E-state index contributed by atoms with van der Waals surface area (Å²) >= 11 is 0. The fraction of sp³-hybridized carbons (Fsp3) is 0.0909. The van der Waals surface area contributed by atoms with Gasteiger partial charge in [0.05, 0.1) is 12.7 Å². The number of methoxy groups -OCH3 is 1. The van der Waals surface area contributed by atoms with Gasteiger partial charge in [-0.2, -0.15) is 0 Å². The van der Waals surface area contributed by atoms with Crippen molar-refractivity contribution in [1.82, 2.24) is 15.6 Å². The molecule has 2 heterocycles. The van der Waals surface area contributed by atoms with E-state index in [0.717, 1.165) is 16.8 Å². The zero-order valence-electron chi connectivity index (χ0n) is 15.7. The van der Waals surface area contributed by atoms with E-state index in [-0.39, 0.29) is 5.75 Å². The average Bonchev–Trinajstić information content (AvgIpc) is 3.25. The molecule has 7 heteroatoms. The van der Waals surface area contributed by atoms with Crippen molar-refractivity contribution in [3.05, 3.63) is 77.6 Å². The van der Waals surface area contributed by atoms with Crippen LogP contribution in [0.1, 0.15) is 21.5 Å². The predicted molar refractivity (Wildman–Crippen MR) is 108 cm³/mol. The molecule has 0 atom stereocenters. The molecule has 0 aliphatic carbocycles. The third kappa shape index (κ3) is 3.58. The summed E-state index contributed by atoms with van der Waals surface area (Å²) < 4.78 is 5.03. The molecule has 4 rings (SSSR count). The summed E-state index contributed by atoms with van der Waals surface area (Å²) in [6, 6.07) is 14.2. The Bertz CT molecular complexity index is 1120. The highest BCUT2D eigenvalue weighted by Crippen LogP contribution is 2.29. The van der Waals surface area contributed by atoms with Crippen molar-refractivity contribution < 1.29 is 19.4 Å². The van der Waals surface area contributed by atoms with E-state index >= 15 is 0 Å². The lowest BCUT2D eigenvalue weighted by atomic mass is 9.93. The molecule has 0 spiro atoms. The molecule has 3 aromatic rings. The number of fused-ring (bicyclic) bond motifs is 1. The van der Waals surface area contributed by atoms with Crippen LogP contribution in [0.5, 0.6) is 11.5 Å². The third-order valence-electron chi connectivity index (χ3n) is 4.73. The molecule has 7 nitrogen and oxygen atoms in total. The summed E-state index contributed by atoms with van der Waals surface area (Å²) in [6.07, 6.45) is 3.40. The van der Waals surface area contributed by atoms with E-state index in [0.29, 0.717) is 29.0 Å². The highest BCUT2D eigenvalue weighted by Gasteiger charge is 2.27. The molecular weight excluding hydrogens is 370 g/mol. The number of phenols is 1. The number of phenolic OH excluding ortho intramolecular Hbond substituents is 1. The van der Waals surface area contributed by atoms with Crippen LogP contribution in [0.15, 0.2) is 60.9 Å². The van der Waals surface area contributed by atoms with Gasteiger partial charge in [0.25, 0.3) is 11.8 Å². The molecule has 1 aromatic heterocycles. The van der Waals surface area contributed by atoms with E-state index in [4.69, 9.17) is 4.74 Å². The van der Waals surface area contributed by atoms with Crippen molar-refractivity contribution in [3.63, 3.8) is 0 Å². The number of aromatic hydroxyl groups is 1. The highest BCUT2D eigenvalue weighted by atomic mass is 16.5. The summed E-state index contributed by atoms with van der Waals surface area (Å²) in [5.41, 5.74) is 3.96. The van der Waals surface area contributed by atoms with Crippen LogP contribution in [0.25, 0.3) is 16.8 Å². The van der Waals surface area contributed by atoms with Crippen molar-refractivity contribution in [2.45, 2.75) is 6.54 Å². The molecule has 1 aliphatic heterocycles. The van der Waals surface area contributed by atoms with Crippen LogP contribution in [0, 0.1) is 0 Å². The molecule has 1 aliphatic rings. The third-order valence-corrected chi connectivity index (χ3v) is 4.73. The first-order valence-electron chi connectivity index (χ1n) is 9.00. The number of hydrogen-bond donors (Lipinski definition) is 4. The number of nitrogens with one attached hydrogen (secondary N) is 3. The maximum absolute atomic E-state index is 12.4. The van der Waals surface area contributed by atoms with Gasteiger partial charge in [-0.15, -0.1) is 0 Å². The van der Waals surface area contributed by atoms with Gasteiger partial charge in [0, 0.05) is 35.8 Å². The number of carbonyl (C=O) groups excluding carboxylic acids is 2. The topological polar surface area (TPSA) is 103 Å². The molecule has 0 fully saturated rings. The Hall–Kier alpha value is -4.00. The number of ether oxygens (including phenoxy) is 1. The Kier molecular flexibility index (Phi) is 4.78. The van der Waals surface area contributed by atoms with Gasteiger partial charge in [0.2, 0.25) is 0 Å². The van der Waals surface area contributed by atoms with Crippen molar-refractivity contribution in [2.24, 2.45) is 0 Å². The fourth-order valence-corrected chi connectivity index (χ4v) is 3.26. The van der Waals surface area contributed by atoms with E-state index in [1.54, 1.807) is 24.4 Å². The first-order valence-corrected chi connectivity index (χ1v) is 9.00. The minimum absolute atomic E-state index is 0.0430. The lowest BCUT2D eigenvalue weighted by molar-refractivity contribution is -0.114. The molecule has 146 valence electrons. The molecule has 0 saturated carbocycles. The average molecular weight is 389 g/mol. The van der Waals surface area contributed by atoms with Gasteiger partial charge in [-0.1, -0.05) is 12.1 Å². The molecule has 2 aromatic carbocycles. The molecule has 0 saturated heterocycles. The van der Waals surface area contributed by atoms with Gasteiger partial charge in [-0.05, 0) is 47.5 Å². The van der Waals surface area contributed by atoms with E-state index in [1.165, 1.54) is 7.11 Å². The van der Waals surface area contributed by atoms with Crippen molar-refractivity contribution in [1.29, 1.82) is 0 Å². The number of hydrogen-bond acceptors (Lipinski definition) is 5. The van der Waals surface area contributed by atoms with E-state index in [9.17, 15) is 14.7 Å². The quantitative estimate of drug-likeness (QED) is 0.397. The van der Waals surface area contributed by atoms with Gasteiger partial charge in [0.1, 0.15) is 0 Å². The smallest absolute Gasteiger partial charge is 0.260 e. The van der Waals surface area contributed by atoms with Crippen LogP contribution >= 0.6 is 0 Å². The lowest BCUT2D eigenvalue weighted by Crippen LogP contribution is -2.37. The number of imide groups is 1. The van der Waals surface area contributed by atoms with Crippen LogP contribution < -0.4 is 15.4 Å². The molecular formula is C22H19N3O4. The number of H-pyrrole nitrogens is 1. The van der Waals surface area contributed by atoms with Gasteiger partial charge in [-0.3, -0.25) is 14.9 Å². The maximum Gasteiger partial charge on any atom is 0.260 e. The number of aromatic amines is 1. The molecule has 0 unspecified atom stereocenters. The Morgan fingerprint density at radius 1 is 1.07 bits per heavy atom. The summed E-state index contributed by atoms with van der Waals surface area (Å²) in [5, 5.41) is 15.3.